The van der Waals surface area contributed by atoms with E-state index in [4.69, 9.17) is 4.99 Å². The van der Waals surface area contributed by atoms with Crippen molar-refractivity contribution in [1.82, 2.24) is 5.32 Å². The van der Waals surface area contributed by atoms with E-state index >= 15 is 0 Å². The Morgan fingerprint density at radius 1 is 1.19 bits per heavy atom. The predicted molar refractivity (Wildman–Crippen MR) is 74.4 cm³/mol. The van der Waals surface area contributed by atoms with Gasteiger partial charge < -0.3 is 5.32 Å². The fourth-order valence-electron chi connectivity index (χ4n) is 1.99. The van der Waals surface area contributed by atoms with E-state index < -0.39 is 0 Å². The van der Waals surface area contributed by atoms with Gasteiger partial charge in [-0.05, 0) is 31.7 Å². The van der Waals surface area contributed by atoms with Crippen molar-refractivity contribution in [2.24, 2.45) is 10.4 Å². The minimum Gasteiger partial charge on any atom is -0.315 e. The van der Waals surface area contributed by atoms with E-state index in [0.717, 1.165) is 19.5 Å². The molecule has 0 saturated carbocycles. The molecule has 0 rings (SSSR count). The Morgan fingerprint density at radius 3 is 2.31 bits per heavy atom. The highest BCUT2D eigenvalue weighted by Crippen LogP contribution is 2.27. The first-order valence-corrected chi connectivity index (χ1v) is 6.78. The lowest BCUT2D eigenvalue weighted by Crippen LogP contribution is -2.23. The van der Waals surface area contributed by atoms with E-state index in [9.17, 15) is 0 Å². The first-order valence-electron chi connectivity index (χ1n) is 6.78. The normalized spacial score (nSPS) is 16.2. The maximum absolute atomic E-state index is 4.82. The summed E-state index contributed by atoms with van der Waals surface area (Å²) in [7, 11) is 2.00. The highest BCUT2D eigenvalue weighted by molar-refractivity contribution is 5.86. The Bertz CT molecular complexity index is 191. The molecule has 0 saturated heterocycles. The van der Waals surface area contributed by atoms with Crippen molar-refractivity contribution < 1.29 is 0 Å². The second-order valence-corrected chi connectivity index (χ2v) is 5.08. The van der Waals surface area contributed by atoms with Crippen LogP contribution < -0.4 is 5.32 Å². The molecule has 16 heavy (non-hydrogen) atoms. The molecule has 0 bridgehead atoms. The average Bonchev–Trinajstić information content (AvgIpc) is 2.27. The summed E-state index contributed by atoms with van der Waals surface area (Å²) in [6.45, 7) is 11.1. The standard InChI is InChI=1S/C14H30N2/c1-6-9-13(11-15-5)16-12-14(4,8-3)10-7-2/h15H,6-12H2,1-5H3. The molecule has 0 aliphatic heterocycles. The van der Waals surface area contributed by atoms with Crippen molar-refractivity contribution in [3.63, 3.8) is 0 Å². The van der Waals surface area contributed by atoms with Crippen LogP contribution in [0.5, 0.6) is 0 Å². The smallest absolute Gasteiger partial charge is 0.0442 e. The topological polar surface area (TPSA) is 24.4 Å². The van der Waals surface area contributed by atoms with E-state index in [-0.39, 0.29) is 0 Å². The summed E-state index contributed by atoms with van der Waals surface area (Å²) in [6.07, 6.45) is 6.09. The van der Waals surface area contributed by atoms with E-state index in [1.165, 1.54) is 31.4 Å². The Morgan fingerprint density at radius 2 is 1.88 bits per heavy atom. The van der Waals surface area contributed by atoms with E-state index in [2.05, 4.69) is 33.0 Å². The van der Waals surface area contributed by atoms with Crippen LogP contribution in [-0.2, 0) is 0 Å². The average molecular weight is 226 g/mol. The SMILES string of the molecule is CCCC(CNC)=NCC(C)(CC)CCC. The van der Waals surface area contributed by atoms with Crippen LogP contribution in [0.25, 0.3) is 0 Å². The molecule has 0 aromatic carbocycles. The van der Waals surface area contributed by atoms with Gasteiger partial charge in [0.15, 0.2) is 0 Å². The van der Waals surface area contributed by atoms with Gasteiger partial charge in [-0.1, -0.05) is 40.5 Å². The third kappa shape index (κ3) is 6.26. The van der Waals surface area contributed by atoms with Crippen molar-refractivity contribution in [3.05, 3.63) is 0 Å². The summed E-state index contributed by atoms with van der Waals surface area (Å²) in [4.78, 5) is 4.82. The molecule has 1 unspecified atom stereocenters. The molecule has 96 valence electrons. The van der Waals surface area contributed by atoms with Crippen LogP contribution in [0.4, 0.5) is 0 Å². The van der Waals surface area contributed by atoms with Crippen molar-refractivity contribution in [2.75, 3.05) is 20.1 Å². The summed E-state index contributed by atoms with van der Waals surface area (Å²) >= 11 is 0. The minimum atomic E-state index is 0.404. The third-order valence-corrected chi connectivity index (χ3v) is 3.31. The fraction of sp³-hybridized carbons (Fsp3) is 0.929. The van der Waals surface area contributed by atoms with Crippen LogP contribution >= 0.6 is 0 Å². The Kier molecular flexibility index (Phi) is 8.54. The number of hydrogen-bond donors (Lipinski definition) is 1. The van der Waals surface area contributed by atoms with Crippen LogP contribution in [0.3, 0.4) is 0 Å². The zero-order valence-electron chi connectivity index (χ0n) is 11.9. The quantitative estimate of drug-likeness (QED) is 0.596. The molecule has 0 aromatic heterocycles. The molecule has 0 amide bonds. The zero-order valence-corrected chi connectivity index (χ0v) is 11.9. The third-order valence-electron chi connectivity index (χ3n) is 3.31. The molecule has 2 heteroatoms. The largest absolute Gasteiger partial charge is 0.315 e. The molecule has 0 fully saturated rings. The maximum Gasteiger partial charge on any atom is 0.0442 e. The van der Waals surface area contributed by atoms with Crippen LogP contribution in [-0.4, -0.2) is 25.8 Å². The molecule has 2 nitrogen and oxygen atoms in total. The van der Waals surface area contributed by atoms with E-state index in [1.54, 1.807) is 0 Å². The van der Waals surface area contributed by atoms with Gasteiger partial charge in [0.25, 0.3) is 0 Å². The van der Waals surface area contributed by atoms with Crippen LogP contribution in [0, 0.1) is 5.41 Å². The lowest BCUT2D eigenvalue weighted by molar-refractivity contribution is 0.294. The van der Waals surface area contributed by atoms with Crippen LogP contribution in [0.1, 0.15) is 59.8 Å². The van der Waals surface area contributed by atoms with Crippen LogP contribution in [0.15, 0.2) is 4.99 Å². The fourth-order valence-corrected chi connectivity index (χ4v) is 1.99. The Hall–Kier alpha value is -0.370. The first-order chi connectivity index (χ1) is 7.61. The minimum absolute atomic E-state index is 0.404. The van der Waals surface area contributed by atoms with Gasteiger partial charge in [0.1, 0.15) is 0 Å². The predicted octanol–water partition coefficient (Wildman–Crippen LogP) is 3.66. The number of aliphatic imine (C=N–C) groups is 1. The van der Waals surface area contributed by atoms with Crippen molar-refractivity contribution in [1.29, 1.82) is 0 Å². The molecule has 0 aliphatic carbocycles. The van der Waals surface area contributed by atoms with Gasteiger partial charge in [-0.25, -0.2) is 0 Å². The zero-order chi connectivity index (χ0) is 12.4. The highest BCUT2D eigenvalue weighted by atomic mass is 14.9. The van der Waals surface area contributed by atoms with Crippen molar-refractivity contribution >= 4 is 5.71 Å². The summed E-state index contributed by atoms with van der Waals surface area (Å²) < 4.78 is 0. The second-order valence-electron chi connectivity index (χ2n) is 5.08. The molecule has 0 aliphatic rings. The van der Waals surface area contributed by atoms with Crippen molar-refractivity contribution in [2.45, 2.75) is 59.8 Å². The molecule has 0 aromatic rings. The lowest BCUT2D eigenvalue weighted by atomic mass is 9.83. The number of nitrogens with one attached hydrogen (secondary N) is 1. The second kappa shape index (κ2) is 8.74. The molecule has 0 spiro atoms. The molecule has 1 atom stereocenters. The molecule has 0 heterocycles. The Labute approximate surface area is 102 Å². The van der Waals surface area contributed by atoms with Gasteiger partial charge in [0, 0.05) is 18.8 Å². The molecular weight excluding hydrogens is 196 g/mol. The summed E-state index contributed by atoms with van der Waals surface area (Å²) in [5, 5.41) is 3.21. The number of nitrogens with zero attached hydrogens (tertiary/aromatic N) is 1. The number of hydrogen-bond acceptors (Lipinski definition) is 2. The van der Waals surface area contributed by atoms with Crippen LogP contribution in [0.2, 0.25) is 0 Å². The van der Waals surface area contributed by atoms with Gasteiger partial charge in [0.2, 0.25) is 0 Å². The Balaban J connectivity index is 4.35. The summed E-state index contributed by atoms with van der Waals surface area (Å²) in [5.74, 6) is 0. The van der Waals surface area contributed by atoms with E-state index in [0.29, 0.717) is 5.41 Å². The summed E-state index contributed by atoms with van der Waals surface area (Å²) in [6, 6.07) is 0. The summed E-state index contributed by atoms with van der Waals surface area (Å²) in [5.41, 5.74) is 1.74. The number of rotatable bonds is 9. The lowest BCUT2D eigenvalue weighted by Gasteiger charge is -2.26. The molecule has 1 N–H and O–H groups in total. The van der Waals surface area contributed by atoms with E-state index in [1.807, 2.05) is 7.05 Å². The maximum atomic E-state index is 4.82. The highest BCUT2D eigenvalue weighted by Gasteiger charge is 2.20. The molecule has 0 radical (unpaired) electrons. The van der Waals surface area contributed by atoms with Gasteiger partial charge in [0.05, 0.1) is 0 Å². The first kappa shape index (κ1) is 15.6. The van der Waals surface area contributed by atoms with Gasteiger partial charge >= 0.3 is 0 Å². The van der Waals surface area contributed by atoms with Gasteiger partial charge in [-0.3, -0.25) is 4.99 Å². The monoisotopic (exact) mass is 226 g/mol. The van der Waals surface area contributed by atoms with Crippen molar-refractivity contribution in [3.8, 4) is 0 Å². The van der Waals surface area contributed by atoms with Gasteiger partial charge in [-0.15, -0.1) is 0 Å². The van der Waals surface area contributed by atoms with Gasteiger partial charge in [-0.2, -0.15) is 0 Å². The molecular formula is C14H30N2.